The zero-order valence-electron chi connectivity index (χ0n) is 11.7. The Kier molecular flexibility index (Phi) is 3.95. The van der Waals surface area contributed by atoms with Gasteiger partial charge < -0.3 is 14.2 Å². The molecule has 0 fully saturated rings. The number of methoxy groups -OCH3 is 3. The maximum absolute atomic E-state index is 5.48. The van der Waals surface area contributed by atoms with E-state index in [-0.39, 0.29) is 0 Å². The molecule has 19 heavy (non-hydrogen) atoms. The first kappa shape index (κ1) is 13.3. The van der Waals surface area contributed by atoms with Crippen LogP contribution in [0.1, 0.15) is 5.56 Å². The Balaban J connectivity index is 2.71. The summed E-state index contributed by atoms with van der Waals surface area (Å²) in [6, 6.07) is 11.9. The molecule has 2 aromatic rings. The number of hydrogen-bond donors (Lipinski definition) is 0. The van der Waals surface area contributed by atoms with Gasteiger partial charge in [-0.1, -0.05) is 24.3 Å². The highest BCUT2D eigenvalue weighted by molar-refractivity contribution is 5.80. The summed E-state index contributed by atoms with van der Waals surface area (Å²) in [5, 5.41) is 0. The fourth-order valence-electron chi connectivity index (χ4n) is 2.12. The highest BCUT2D eigenvalue weighted by Crippen LogP contribution is 2.42. The maximum atomic E-state index is 5.48. The van der Waals surface area contributed by atoms with Crippen molar-refractivity contribution >= 4 is 0 Å². The molecule has 0 amide bonds. The molecule has 0 atom stereocenters. The molecule has 0 aliphatic carbocycles. The van der Waals surface area contributed by atoms with E-state index in [1.807, 2.05) is 24.3 Å². The van der Waals surface area contributed by atoms with Gasteiger partial charge in [-0.2, -0.15) is 0 Å². The van der Waals surface area contributed by atoms with E-state index in [1.165, 1.54) is 5.56 Å². The second-order valence-electron chi connectivity index (χ2n) is 4.22. The predicted octanol–water partition coefficient (Wildman–Crippen LogP) is 3.69. The minimum absolute atomic E-state index is 0.714. The normalized spacial score (nSPS) is 10.1. The molecule has 3 heteroatoms. The first-order valence-electron chi connectivity index (χ1n) is 6.07. The lowest BCUT2D eigenvalue weighted by Gasteiger charge is -2.16. The molecule has 0 heterocycles. The minimum atomic E-state index is 0.714. The maximum Gasteiger partial charge on any atom is 0.134 e. The van der Waals surface area contributed by atoms with Crippen LogP contribution in [0.2, 0.25) is 0 Å². The number of ether oxygens (including phenoxy) is 3. The predicted molar refractivity (Wildman–Crippen MR) is 76.3 cm³/mol. The molecule has 0 N–H and O–H groups in total. The quantitative estimate of drug-likeness (QED) is 0.837. The van der Waals surface area contributed by atoms with Crippen LogP contribution in [0, 0.1) is 6.92 Å². The van der Waals surface area contributed by atoms with Gasteiger partial charge in [-0.25, -0.2) is 0 Å². The molecule has 2 aromatic carbocycles. The minimum Gasteiger partial charge on any atom is -0.496 e. The molecule has 0 unspecified atom stereocenters. The van der Waals surface area contributed by atoms with E-state index in [0.29, 0.717) is 5.75 Å². The highest BCUT2D eigenvalue weighted by atomic mass is 16.5. The molecule has 0 aliphatic heterocycles. The average molecular weight is 258 g/mol. The first-order valence-corrected chi connectivity index (χ1v) is 6.07. The van der Waals surface area contributed by atoms with Crippen molar-refractivity contribution in [2.75, 3.05) is 21.3 Å². The molecule has 0 radical (unpaired) electrons. The van der Waals surface area contributed by atoms with Gasteiger partial charge in [-0.05, 0) is 18.1 Å². The second kappa shape index (κ2) is 5.65. The summed E-state index contributed by atoms with van der Waals surface area (Å²) in [6.07, 6.45) is 0. The third-order valence-electron chi connectivity index (χ3n) is 3.13. The summed E-state index contributed by atoms with van der Waals surface area (Å²) < 4.78 is 16.2. The topological polar surface area (TPSA) is 27.7 Å². The van der Waals surface area contributed by atoms with E-state index in [1.54, 1.807) is 21.3 Å². The van der Waals surface area contributed by atoms with E-state index in [0.717, 1.165) is 22.6 Å². The van der Waals surface area contributed by atoms with Gasteiger partial charge in [0, 0.05) is 12.1 Å². The molecule has 0 spiro atoms. The SMILES string of the molecule is COc1cc(OC)c(-c2ccccc2C)c(OC)c1. The van der Waals surface area contributed by atoms with Crippen LogP contribution in [0.3, 0.4) is 0 Å². The number of rotatable bonds is 4. The van der Waals surface area contributed by atoms with Crippen molar-refractivity contribution in [3.05, 3.63) is 42.0 Å². The highest BCUT2D eigenvalue weighted by Gasteiger charge is 2.16. The van der Waals surface area contributed by atoms with Crippen molar-refractivity contribution in [3.8, 4) is 28.4 Å². The molecule has 2 rings (SSSR count). The Hall–Kier alpha value is -2.16. The second-order valence-corrected chi connectivity index (χ2v) is 4.22. The average Bonchev–Trinajstić information content (AvgIpc) is 2.46. The largest absolute Gasteiger partial charge is 0.496 e. The van der Waals surface area contributed by atoms with Crippen LogP contribution in [0.15, 0.2) is 36.4 Å². The summed E-state index contributed by atoms with van der Waals surface area (Å²) in [5.41, 5.74) is 3.21. The third kappa shape index (κ3) is 2.50. The zero-order valence-corrected chi connectivity index (χ0v) is 11.7. The van der Waals surface area contributed by atoms with Crippen molar-refractivity contribution < 1.29 is 14.2 Å². The molecule has 3 nitrogen and oxygen atoms in total. The van der Waals surface area contributed by atoms with E-state index >= 15 is 0 Å². The fourth-order valence-corrected chi connectivity index (χ4v) is 2.12. The van der Waals surface area contributed by atoms with Gasteiger partial charge in [0.25, 0.3) is 0 Å². The van der Waals surface area contributed by atoms with Crippen LogP contribution < -0.4 is 14.2 Å². The van der Waals surface area contributed by atoms with Crippen LogP contribution in [-0.2, 0) is 0 Å². The van der Waals surface area contributed by atoms with E-state index < -0.39 is 0 Å². The summed E-state index contributed by atoms with van der Waals surface area (Å²) in [7, 11) is 4.92. The van der Waals surface area contributed by atoms with Gasteiger partial charge in [0.1, 0.15) is 17.2 Å². The van der Waals surface area contributed by atoms with Crippen molar-refractivity contribution in [1.29, 1.82) is 0 Å². The standard InChI is InChI=1S/C16H18O3/c1-11-7-5-6-8-13(11)16-14(18-3)9-12(17-2)10-15(16)19-4/h5-10H,1-4H3. The summed E-state index contributed by atoms with van der Waals surface area (Å²) in [6.45, 7) is 2.07. The van der Waals surface area contributed by atoms with Crippen molar-refractivity contribution in [2.24, 2.45) is 0 Å². The molecular formula is C16H18O3. The summed E-state index contributed by atoms with van der Waals surface area (Å²) in [5.74, 6) is 2.20. The van der Waals surface area contributed by atoms with Crippen LogP contribution in [0.25, 0.3) is 11.1 Å². The molecule has 0 saturated heterocycles. The monoisotopic (exact) mass is 258 g/mol. The van der Waals surface area contributed by atoms with Crippen molar-refractivity contribution in [3.63, 3.8) is 0 Å². The third-order valence-corrected chi connectivity index (χ3v) is 3.13. The van der Waals surface area contributed by atoms with Gasteiger partial charge in [-0.15, -0.1) is 0 Å². The Morgan fingerprint density at radius 3 is 1.84 bits per heavy atom. The molecule has 0 aromatic heterocycles. The zero-order chi connectivity index (χ0) is 13.8. The van der Waals surface area contributed by atoms with Crippen LogP contribution in [0.4, 0.5) is 0 Å². The molecule has 100 valence electrons. The lowest BCUT2D eigenvalue weighted by atomic mass is 9.98. The van der Waals surface area contributed by atoms with Gasteiger partial charge in [0.15, 0.2) is 0 Å². The molecular weight excluding hydrogens is 240 g/mol. The van der Waals surface area contributed by atoms with Gasteiger partial charge >= 0.3 is 0 Å². The van der Waals surface area contributed by atoms with Gasteiger partial charge in [-0.3, -0.25) is 0 Å². The molecule has 0 saturated carbocycles. The lowest BCUT2D eigenvalue weighted by Crippen LogP contribution is -1.96. The number of benzene rings is 2. The van der Waals surface area contributed by atoms with Crippen LogP contribution in [-0.4, -0.2) is 21.3 Å². The van der Waals surface area contributed by atoms with Crippen LogP contribution in [0.5, 0.6) is 17.2 Å². The van der Waals surface area contributed by atoms with Crippen LogP contribution >= 0.6 is 0 Å². The lowest BCUT2D eigenvalue weighted by molar-refractivity contribution is 0.377. The summed E-state index contributed by atoms with van der Waals surface area (Å²) in [4.78, 5) is 0. The van der Waals surface area contributed by atoms with Crippen molar-refractivity contribution in [2.45, 2.75) is 6.92 Å². The first-order chi connectivity index (χ1) is 9.21. The molecule has 0 aliphatic rings. The Bertz CT molecular complexity index is 551. The smallest absolute Gasteiger partial charge is 0.134 e. The van der Waals surface area contributed by atoms with E-state index in [9.17, 15) is 0 Å². The summed E-state index contributed by atoms with van der Waals surface area (Å²) >= 11 is 0. The molecule has 0 bridgehead atoms. The Morgan fingerprint density at radius 2 is 1.37 bits per heavy atom. The Labute approximate surface area is 113 Å². The fraction of sp³-hybridized carbons (Fsp3) is 0.250. The van der Waals surface area contributed by atoms with Crippen molar-refractivity contribution in [1.82, 2.24) is 0 Å². The van der Waals surface area contributed by atoms with Gasteiger partial charge in [0.05, 0.1) is 26.9 Å². The number of aryl methyl sites for hydroxylation is 1. The van der Waals surface area contributed by atoms with E-state index in [2.05, 4.69) is 19.1 Å². The van der Waals surface area contributed by atoms with E-state index in [4.69, 9.17) is 14.2 Å². The number of hydrogen-bond acceptors (Lipinski definition) is 3. The Morgan fingerprint density at radius 1 is 0.789 bits per heavy atom. The van der Waals surface area contributed by atoms with Gasteiger partial charge in [0.2, 0.25) is 0 Å².